The standard InChI is InChI=1S/C14H10F2O2/c1-18-14-5-2-9(6-10(14)8-17)12-7-11(15)3-4-13(12)16/h2-8H,1H3. The molecule has 0 aliphatic heterocycles. The maximum atomic E-state index is 13.6. The van der Waals surface area contributed by atoms with Crippen LogP contribution in [0.3, 0.4) is 0 Å². The van der Waals surface area contributed by atoms with Gasteiger partial charge in [-0.3, -0.25) is 4.79 Å². The fourth-order valence-corrected chi connectivity index (χ4v) is 1.71. The van der Waals surface area contributed by atoms with Crippen LogP contribution in [-0.2, 0) is 0 Å². The summed E-state index contributed by atoms with van der Waals surface area (Å²) < 4.78 is 31.7. The van der Waals surface area contributed by atoms with Crippen LogP contribution in [0.15, 0.2) is 36.4 Å². The van der Waals surface area contributed by atoms with Gasteiger partial charge < -0.3 is 4.74 Å². The molecule has 0 amide bonds. The SMILES string of the molecule is COc1ccc(-c2cc(F)ccc2F)cc1C=O. The Labute approximate surface area is 103 Å². The van der Waals surface area contributed by atoms with E-state index in [1.807, 2.05) is 0 Å². The molecule has 0 heterocycles. The maximum absolute atomic E-state index is 13.6. The van der Waals surface area contributed by atoms with Crippen LogP contribution in [0.25, 0.3) is 11.1 Å². The first-order chi connectivity index (χ1) is 8.65. The predicted octanol–water partition coefficient (Wildman–Crippen LogP) is 3.45. The maximum Gasteiger partial charge on any atom is 0.153 e. The minimum absolute atomic E-state index is 0.112. The van der Waals surface area contributed by atoms with Crippen LogP contribution < -0.4 is 4.74 Å². The molecule has 2 aromatic rings. The third-order valence-corrected chi connectivity index (χ3v) is 2.60. The fraction of sp³-hybridized carbons (Fsp3) is 0.0714. The number of rotatable bonds is 3. The van der Waals surface area contributed by atoms with Crippen molar-refractivity contribution >= 4 is 6.29 Å². The molecule has 0 aromatic heterocycles. The van der Waals surface area contributed by atoms with E-state index in [0.717, 1.165) is 18.2 Å². The molecule has 18 heavy (non-hydrogen) atoms. The lowest BCUT2D eigenvalue weighted by atomic mass is 10.0. The molecule has 0 atom stereocenters. The van der Waals surface area contributed by atoms with Crippen LogP contribution in [0.4, 0.5) is 8.78 Å². The van der Waals surface area contributed by atoms with Gasteiger partial charge in [0.25, 0.3) is 0 Å². The number of ether oxygens (including phenoxy) is 1. The van der Waals surface area contributed by atoms with Gasteiger partial charge in [0.15, 0.2) is 6.29 Å². The van der Waals surface area contributed by atoms with Crippen LogP contribution in [0.5, 0.6) is 5.75 Å². The number of carbonyl (C=O) groups excluding carboxylic acids is 1. The van der Waals surface area contributed by atoms with Crippen molar-refractivity contribution in [1.29, 1.82) is 0 Å². The Morgan fingerprint density at radius 1 is 1.11 bits per heavy atom. The monoisotopic (exact) mass is 248 g/mol. The van der Waals surface area contributed by atoms with E-state index >= 15 is 0 Å². The van der Waals surface area contributed by atoms with E-state index in [4.69, 9.17) is 4.74 Å². The first-order valence-electron chi connectivity index (χ1n) is 5.24. The summed E-state index contributed by atoms with van der Waals surface area (Å²) in [6, 6.07) is 7.76. The number of benzene rings is 2. The molecular weight excluding hydrogens is 238 g/mol. The van der Waals surface area contributed by atoms with E-state index in [-0.39, 0.29) is 5.56 Å². The fourth-order valence-electron chi connectivity index (χ4n) is 1.71. The number of aldehydes is 1. The molecule has 0 radical (unpaired) electrons. The molecule has 2 rings (SSSR count). The molecule has 4 heteroatoms. The Bertz CT molecular complexity index is 594. The lowest BCUT2D eigenvalue weighted by Crippen LogP contribution is -1.92. The Hall–Kier alpha value is -2.23. The Morgan fingerprint density at radius 2 is 1.89 bits per heavy atom. The van der Waals surface area contributed by atoms with Crippen molar-refractivity contribution in [3.8, 4) is 16.9 Å². The van der Waals surface area contributed by atoms with Crippen LogP contribution in [0.1, 0.15) is 10.4 Å². The van der Waals surface area contributed by atoms with Crippen LogP contribution in [0, 0.1) is 11.6 Å². The molecule has 0 saturated carbocycles. The molecule has 2 nitrogen and oxygen atoms in total. The first kappa shape index (κ1) is 12.2. The quantitative estimate of drug-likeness (QED) is 0.777. The van der Waals surface area contributed by atoms with E-state index in [9.17, 15) is 13.6 Å². The van der Waals surface area contributed by atoms with Gasteiger partial charge in [0.2, 0.25) is 0 Å². The highest BCUT2D eigenvalue weighted by molar-refractivity contribution is 5.83. The summed E-state index contributed by atoms with van der Waals surface area (Å²) in [5, 5.41) is 0. The Kier molecular flexibility index (Phi) is 3.37. The second-order valence-corrected chi connectivity index (χ2v) is 3.70. The van der Waals surface area contributed by atoms with Gasteiger partial charge in [0.1, 0.15) is 17.4 Å². The number of halogens is 2. The topological polar surface area (TPSA) is 26.3 Å². The predicted molar refractivity (Wildman–Crippen MR) is 63.7 cm³/mol. The third kappa shape index (κ3) is 2.22. The summed E-state index contributed by atoms with van der Waals surface area (Å²) in [4.78, 5) is 10.9. The highest BCUT2D eigenvalue weighted by Crippen LogP contribution is 2.28. The smallest absolute Gasteiger partial charge is 0.153 e. The molecule has 0 aliphatic rings. The van der Waals surface area contributed by atoms with E-state index in [2.05, 4.69) is 0 Å². The largest absolute Gasteiger partial charge is 0.496 e. The second-order valence-electron chi connectivity index (χ2n) is 3.70. The van der Waals surface area contributed by atoms with E-state index in [1.165, 1.54) is 13.2 Å². The van der Waals surface area contributed by atoms with E-state index in [0.29, 0.717) is 23.2 Å². The van der Waals surface area contributed by atoms with Gasteiger partial charge in [-0.15, -0.1) is 0 Å². The zero-order chi connectivity index (χ0) is 13.1. The molecule has 0 spiro atoms. The lowest BCUT2D eigenvalue weighted by molar-refractivity contribution is 0.112. The van der Waals surface area contributed by atoms with Crippen LogP contribution in [-0.4, -0.2) is 13.4 Å². The van der Waals surface area contributed by atoms with Crippen molar-refractivity contribution in [2.45, 2.75) is 0 Å². The average Bonchev–Trinajstić information content (AvgIpc) is 2.40. The van der Waals surface area contributed by atoms with E-state index < -0.39 is 11.6 Å². The van der Waals surface area contributed by atoms with Crippen molar-refractivity contribution in [2.24, 2.45) is 0 Å². The van der Waals surface area contributed by atoms with Crippen molar-refractivity contribution in [3.63, 3.8) is 0 Å². The van der Waals surface area contributed by atoms with Gasteiger partial charge in [0.05, 0.1) is 12.7 Å². The summed E-state index contributed by atoms with van der Waals surface area (Å²) in [6.07, 6.45) is 0.611. The van der Waals surface area contributed by atoms with Crippen LogP contribution >= 0.6 is 0 Å². The van der Waals surface area contributed by atoms with Gasteiger partial charge >= 0.3 is 0 Å². The number of methoxy groups -OCH3 is 1. The molecule has 2 aromatic carbocycles. The van der Waals surface area contributed by atoms with Gasteiger partial charge in [0, 0.05) is 5.56 Å². The minimum Gasteiger partial charge on any atom is -0.496 e. The molecular formula is C14H10F2O2. The highest BCUT2D eigenvalue weighted by atomic mass is 19.1. The lowest BCUT2D eigenvalue weighted by Gasteiger charge is -2.07. The third-order valence-electron chi connectivity index (χ3n) is 2.60. The molecule has 0 fully saturated rings. The molecule has 0 bridgehead atoms. The van der Waals surface area contributed by atoms with E-state index in [1.54, 1.807) is 12.1 Å². The molecule has 0 saturated heterocycles. The summed E-state index contributed by atoms with van der Waals surface area (Å²) in [5.74, 6) is -0.682. The summed E-state index contributed by atoms with van der Waals surface area (Å²) >= 11 is 0. The van der Waals surface area contributed by atoms with Crippen molar-refractivity contribution < 1.29 is 18.3 Å². The van der Waals surface area contributed by atoms with Gasteiger partial charge in [-0.2, -0.15) is 0 Å². The van der Waals surface area contributed by atoms with Crippen molar-refractivity contribution in [2.75, 3.05) is 7.11 Å². The number of hydrogen-bond donors (Lipinski definition) is 0. The Morgan fingerprint density at radius 3 is 2.56 bits per heavy atom. The van der Waals surface area contributed by atoms with Crippen molar-refractivity contribution in [3.05, 3.63) is 53.6 Å². The van der Waals surface area contributed by atoms with Gasteiger partial charge in [-0.25, -0.2) is 8.78 Å². The summed E-state index contributed by atoms with van der Waals surface area (Å²) in [6.45, 7) is 0. The second kappa shape index (κ2) is 4.96. The zero-order valence-electron chi connectivity index (χ0n) is 9.61. The highest BCUT2D eigenvalue weighted by Gasteiger charge is 2.09. The zero-order valence-corrected chi connectivity index (χ0v) is 9.61. The molecule has 0 aliphatic carbocycles. The molecule has 0 unspecified atom stereocenters. The Balaban J connectivity index is 2.57. The van der Waals surface area contributed by atoms with Gasteiger partial charge in [-0.05, 0) is 35.9 Å². The normalized spacial score (nSPS) is 10.2. The first-order valence-corrected chi connectivity index (χ1v) is 5.24. The molecule has 0 N–H and O–H groups in total. The average molecular weight is 248 g/mol. The minimum atomic E-state index is -0.543. The van der Waals surface area contributed by atoms with Crippen molar-refractivity contribution in [1.82, 2.24) is 0 Å². The summed E-state index contributed by atoms with van der Waals surface area (Å²) in [7, 11) is 1.44. The molecule has 92 valence electrons. The number of carbonyl (C=O) groups is 1. The number of hydrogen-bond acceptors (Lipinski definition) is 2. The summed E-state index contributed by atoms with van der Waals surface area (Å²) in [5.41, 5.74) is 0.828. The van der Waals surface area contributed by atoms with Crippen LogP contribution in [0.2, 0.25) is 0 Å². The van der Waals surface area contributed by atoms with Gasteiger partial charge in [-0.1, -0.05) is 6.07 Å².